The van der Waals surface area contributed by atoms with E-state index in [1.54, 1.807) is 12.1 Å². The Balaban J connectivity index is 1.72. The van der Waals surface area contributed by atoms with Crippen LogP contribution in [0, 0.1) is 12.7 Å². The van der Waals surface area contributed by atoms with Gasteiger partial charge in [0.25, 0.3) is 5.91 Å². The molecule has 0 saturated carbocycles. The Morgan fingerprint density at radius 3 is 2.35 bits per heavy atom. The van der Waals surface area contributed by atoms with Gasteiger partial charge < -0.3 is 10.1 Å². The van der Waals surface area contributed by atoms with E-state index in [2.05, 4.69) is 5.32 Å². The summed E-state index contributed by atoms with van der Waals surface area (Å²) in [5, 5.41) is 2.63. The fourth-order valence-corrected chi connectivity index (χ4v) is 4.84. The second kappa shape index (κ2) is 9.57. The van der Waals surface area contributed by atoms with Gasteiger partial charge in [-0.1, -0.05) is 24.1 Å². The number of aryl methyl sites for hydroxylation is 1. The van der Waals surface area contributed by atoms with Crippen molar-refractivity contribution in [2.24, 2.45) is 0 Å². The monoisotopic (exact) mass is 448 g/mol. The molecule has 1 fully saturated rings. The number of ether oxygens (including phenoxy) is 1. The Morgan fingerprint density at radius 2 is 1.71 bits per heavy atom. The number of anilines is 1. The lowest BCUT2D eigenvalue weighted by atomic mass is 10.2. The zero-order valence-corrected chi connectivity index (χ0v) is 18.2. The molecule has 0 aromatic heterocycles. The van der Waals surface area contributed by atoms with Crippen molar-refractivity contribution in [2.45, 2.75) is 44.1 Å². The maximum absolute atomic E-state index is 14.3. The van der Waals surface area contributed by atoms with Gasteiger partial charge in [-0.3, -0.25) is 4.79 Å². The van der Waals surface area contributed by atoms with Gasteiger partial charge in [0.15, 0.2) is 6.10 Å². The average Bonchev–Trinajstić information content (AvgIpc) is 2.76. The van der Waals surface area contributed by atoms with Crippen LogP contribution in [0.3, 0.4) is 0 Å². The summed E-state index contributed by atoms with van der Waals surface area (Å²) in [7, 11) is -4.07. The zero-order valence-electron chi connectivity index (χ0n) is 17.4. The molecule has 166 valence electrons. The molecule has 0 bridgehead atoms. The summed E-state index contributed by atoms with van der Waals surface area (Å²) in [5.41, 5.74) is 1.44. The summed E-state index contributed by atoms with van der Waals surface area (Å²) >= 11 is 0. The molecular formula is C22H25FN2O5S. The molecule has 0 spiro atoms. The number of benzene rings is 2. The first-order chi connectivity index (χ1) is 14.7. The number of hydrogen-bond acceptors (Lipinski definition) is 5. The Hall–Kier alpha value is -2.78. The van der Waals surface area contributed by atoms with E-state index >= 15 is 0 Å². The van der Waals surface area contributed by atoms with Gasteiger partial charge >= 0.3 is 5.97 Å². The van der Waals surface area contributed by atoms with Gasteiger partial charge in [-0.15, -0.1) is 0 Å². The maximum Gasteiger partial charge on any atom is 0.338 e. The molecule has 1 atom stereocenters. The molecule has 1 saturated heterocycles. The molecular weight excluding hydrogens is 423 g/mol. The molecule has 1 amide bonds. The Kier molecular flexibility index (Phi) is 7.07. The standard InChI is InChI=1S/C22H25FN2O5S/c1-15-6-9-18(10-7-15)24-21(26)16(2)30-22(27)17-8-11-19(23)20(14-17)31(28,29)25-12-4-3-5-13-25/h6-11,14,16H,3-5,12-13H2,1-2H3,(H,24,26). The van der Waals surface area contributed by atoms with Crippen LogP contribution in [0.1, 0.15) is 42.1 Å². The lowest BCUT2D eigenvalue weighted by Crippen LogP contribution is -2.36. The maximum atomic E-state index is 14.3. The lowest BCUT2D eigenvalue weighted by Gasteiger charge is -2.26. The van der Waals surface area contributed by atoms with Crippen molar-refractivity contribution in [1.82, 2.24) is 4.31 Å². The van der Waals surface area contributed by atoms with E-state index in [4.69, 9.17) is 4.74 Å². The smallest absolute Gasteiger partial charge is 0.338 e. The molecule has 1 aliphatic rings. The third-order valence-electron chi connectivity index (χ3n) is 5.07. The summed E-state index contributed by atoms with van der Waals surface area (Å²) in [5.74, 6) is -2.39. The SMILES string of the molecule is Cc1ccc(NC(=O)C(C)OC(=O)c2ccc(F)c(S(=O)(=O)N3CCCCC3)c2)cc1. The summed E-state index contributed by atoms with van der Waals surface area (Å²) in [4.78, 5) is 24.2. The van der Waals surface area contributed by atoms with Crippen molar-refractivity contribution in [3.05, 3.63) is 59.4 Å². The van der Waals surface area contributed by atoms with E-state index in [1.807, 2.05) is 19.1 Å². The lowest BCUT2D eigenvalue weighted by molar-refractivity contribution is -0.123. The molecule has 9 heteroatoms. The largest absolute Gasteiger partial charge is 0.449 e. The van der Waals surface area contributed by atoms with Crippen LogP contribution in [-0.4, -0.2) is 43.8 Å². The number of piperidine rings is 1. The molecule has 3 rings (SSSR count). The minimum Gasteiger partial charge on any atom is -0.449 e. The van der Waals surface area contributed by atoms with Crippen molar-refractivity contribution in [1.29, 1.82) is 0 Å². The number of carbonyl (C=O) groups is 2. The van der Waals surface area contributed by atoms with E-state index in [1.165, 1.54) is 11.2 Å². The summed E-state index contributed by atoms with van der Waals surface area (Å²) < 4.78 is 46.3. The first kappa shape index (κ1) is 22.9. The summed E-state index contributed by atoms with van der Waals surface area (Å²) in [6, 6.07) is 10.1. The molecule has 0 radical (unpaired) electrons. The zero-order chi connectivity index (χ0) is 22.6. The Bertz CT molecular complexity index is 1060. The van der Waals surface area contributed by atoms with Gasteiger partial charge in [0.05, 0.1) is 5.56 Å². The highest BCUT2D eigenvalue weighted by molar-refractivity contribution is 7.89. The second-order valence-corrected chi connectivity index (χ2v) is 9.42. The van der Waals surface area contributed by atoms with Crippen LogP contribution in [0.25, 0.3) is 0 Å². The van der Waals surface area contributed by atoms with Gasteiger partial charge in [0.1, 0.15) is 10.7 Å². The van der Waals surface area contributed by atoms with Crippen LogP contribution in [0.2, 0.25) is 0 Å². The Labute approximate surface area is 181 Å². The number of nitrogens with zero attached hydrogens (tertiary/aromatic N) is 1. The highest BCUT2D eigenvalue weighted by atomic mass is 32.2. The molecule has 1 heterocycles. The minimum atomic E-state index is -4.07. The van der Waals surface area contributed by atoms with Gasteiger partial charge in [-0.05, 0) is 57.0 Å². The Morgan fingerprint density at radius 1 is 1.06 bits per heavy atom. The van der Waals surface area contributed by atoms with E-state index in [0.29, 0.717) is 31.6 Å². The third-order valence-corrected chi connectivity index (χ3v) is 6.99. The molecule has 2 aromatic rings. The molecule has 7 nitrogen and oxygen atoms in total. The minimum absolute atomic E-state index is 0.146. The second-order valence-electron chi connectivity index (χ2n) is 7.51. The average molecular weight is 449 g/mol. The number of esters is 1. The quantitative estimate of drug-likeness (QED) is 0.683. The fourth-order valence-electron chi connectivity index (χ4n) is 3.24. The number of halogens is 1. The highest BCUT2D eigenvalue weighted by Gasteiger charge is 2.30. The van der Waals surface area contributed by atoms with Crippen LogP contribution < -0.4 is 5.32 Å². The van der Waals surface area contributed by atoms with Crippen LogP contribution in [0.15, 0.2) is 47.4 Å². The predicted octanol–water partition coefficient (Wildman–Crippen LogP) is 3.49. The van der Waals surface area contributed by atoms with E-state index in [-0.39, 0.29) is 5.56 Å². The summed E-state index contributed by atoms with van der Waals surface area (Å²) in [6.07, 6.45) is 1.19. The predicted molar refractivity (Wildman–Crippen MR) is 114 cm³/mol. The first-order valence-corrected chi connectivity index (χ1v) is 11.5. The number of amides is 1. The number of nitrogens with one attached hydrogen (secondary N) is 1. The number of rotatable bonds is 6. The van der Waals surface area contributed by atoms with Gasteiger partial charge in [0, 0.05) is 18.8 Å². The highest BCUT2D eigenvalue weighted by Crippen LogP contribution is 2.24. The number of carbonyl (C=O) groups excluding carboxylic acids is 2. The summed E-state index contributed by atoms with van der Waals surface area (Å²) in [6.45, 7) is 3.94. The first-order valence-electron chi connectivity index (χ1n) is 10.1. The topological polar surface area (TPSA) is 92.8 Å². The molecule has 31 heavy (non-hydrogen) atoms. The van der Waals surface area contributed by atoms with Crippen molar-refractivity contribution >= 4 is 27.6 Å². The van der Waals surface area contributed by atoms with Crippen LogP contribution in [-0.2, 0) is 19.6 Å². The number of sulfonamides is 1. The van der Waals surface area contributed by atoms with Crippen molar-refractivity contribution in [2.75, 3.05) is 18.4 Å². The van der Waals surface area contributed by atoms with Crippen LogP contribution >= 0.6 is 0 Å². The molecule has 0 aliphatic carbocycles. The van der Waals surface area contributed by atoms with E-state index in [0.717, 1.165) is 30.2 Å². The normalized spacial score (nSPS) is 15.8. The molecule has 1 unspecified atom stereocenters. The molecule has 1 aliphatic heterocycles. The van der Waals surface area contributed by atoms with Crippen LogP contribution in [0.4, 0.5) is 10.1 Å². The van der Waals surface area contributed by atoms with Crippen LogP contribution in [0.5, 0.6) is 0 Å². The number of hydrogen-bond donors (Lipinski definition) is 1. The van der Waals surface area contributed by atoms with Gasteiger partial charge in [0.2, 0.25) is 10.0 Å². The van der Waals surface area contributed by atoms with E-state index in [9.17, 15) is 22.4 Å². The molecule has 2 aromatic carbocycles. The van der Waals surface area contributed by atoms with Crippen molar-refractivity contribution in [3.8, 4) is 0 Å². The van der Waals surface area contributed by atoms with E-state index < -0.39 is 38.7 Å². The van der Waals surface area contributed by atoms with Gasteiger partial charge in [-0.25, -0.2) is 17.6 Å². The molecule has 1 N–H and O–H groups in total. The third kappa shape index (κ3) is 5.48. The van der Waals surface area contributed by atoms with Crippen molar-refractivity contribution < 1.29 is 27.1 Å². The fraction of sp³-hybridized carbons (Fsp3) is 0.364. The van der Waals surface area contributed by atoms with Gasteiger partial charge in [-0.2, -0.15) is 4.31 Å². The van der Waals surface area contributed by atoms with Crippen molar-refractivity contribution in [3.63, 3.8) is 0 Å².